The lowest BCUT2D eigenvalue weighted by Crippen LogP contribution is -2.43. The zero-order valence-corrected chi connectivity index (χ0v) is 19.6. The first kappa shape index (κ1) is 21.3. The second-order valence-electron chi connectivity index (χ2n) is 9.80. The Morgan fingerprint density at radius 1 is 1.16 bits per heavy atom. The molecule has 2 aromatic rings. The van der Waals surface area contributed by atoms with Gasteiger partial charge >= 0.3 is 0 Å². The van der Waals surface area contributed by atoms with Gasteiger partial charge in [-0.2, -0.15) is 0 Å². The summed E-state index contributed by atoms with van der Waals surface area (Å²) in [6.45, 7) is 6.50. The van der Waals surface area contributed by atoms with Crippen molar-refractivity contribution in [2.24, 2.45) is 5.92 Å². The third kappa shape index (κ3) is 3.39. The number of Topliss-reactive ketones (excluding diaryl/α,β-unsaturated/α-hetero) is 1. The lowest BCUT2D eigenvalue weighted by molar-refractivity contribution is -0.135. The van der Waals surface area contributed by atoms with Gasteiger partial charge in [0.25, 0.3) is 5.91 Å². The number of benzene rings is 1. The number of thiazole rings is 1. The number of ether oxygens (including phenoxy) is 2. The van der Waals surface area contributed by atoms with E-state index in [1.165, 1.54) is 16.9 Å². The molecular weight excluding hydrogens is 424 g/mol. The Balaban J connectivity index is 1.59. The maximum atomic E-state index is 13.7. The summed E-state index contributed by atoms with van der Waals surface area (Å²) in [4.78, 5) is 33.3. The molecular formula is C25H28N2O4S. The minimum Gasteiger partial charge on any atom is -0.483 e. The van der Waals surface area contributed by atoms with Gasteiger partial charge in [-0.05, 0) is 29.4 Å². The third-order valence-corrected chi connectivity index (χ3v) is 7.63. The molecule has 0 spiro atoms. The number of hydrogen-bond donors (Lipinski definition) is 0. The number of nitrogens with zero attached hydrogens (tertiary/aromatic N) is 2. The third-order valence-electron chi connectivity index (χ3n) is 6.86. The number of fused-ring (bicyclic) bond motifs is 1. The molecule has 7 heteroatoms. The molecule has 5 rings (SSSR count). The van der Waals surface area contributed by atoms with Gasteiger partial charge in [0.05, 0.1) is 23.6 Å². The molecule has 1 amide bonds. The van der Waals surface area contributed by atoms with Crippen LogP contribution in [0.25, 0.3) is 0 Å². The van der Waals surface area contributed by atoms with Crippen LogP contribution in [0.15, 0.2) is 47.2 Å². The molecule has 0 radical (unpaired) electrons. The van der Waals surface area contributed by atoms with Crippen molar-refractivity contribution < 1.29 is 19.1 Å². The van der Waals surface area contributed by atoms with E-state index < -0.39 is 6.04 Å². The van der Waals surface area contributed by atoms with Crippen LogP contribution >= 0.6 is 11.3 Å². The van der Waals surface area contributed by atoms with Crippen molar-refractivity contribution in [3.8, 4) is 0 Å². The van der Waals surface area contributed by atoms with E-state index in [1.807, 2.05) is 17.5 Å². The summed E-state index contributed by atoms with van der Waals surface area (Å²) in [6, 6.07) is 7.69. The summed E-state index contributed by atoms with van der Waals surface area (Å²) in [7, 11) is 1.68. The second-order valence-corrected chi connectivity index (χ2v) is 10.7. The highest BCUT2D eigenvalue weighted by atomic mass is 32.1. The van der Waals surface area contributed by atoms with Crippen molar-refractivity contribution >= 4 is 28.2 Å². The van der Waals surface area contributed by atoms with Gasteiger partial charge in [-0.3, -0.25) is 14.5 Å². The number of anilines is 1. The van der Waals surface area contributed by atoms with Crippen molar-refractivity contribution in [2.45, 2.75) is 63.7 Å². The molecule has 4 atom stereocenters. The number of aromatic nitrogens is 1. The molecule has 6 nitrogen and oxygen atoms in total. The van der Waals surface area contributed by atoms with Crippen molar-refractivity contribution in [3.63, 3.8) is 0 Å². The molecule has 1 fully saturated rings. The maximum absolute atomic E-state index is 13.7. The molecule has 3 aliphatic rings. The fourth-order valence-electron chi connectivity index (χ4n) is 5.06. The van der Waals surface area contributed by atoms with E-state index in [0.29, 0.717) is 23.5 Å². The Bertz CT molecular complexity index is 1070. The standard InChI is InChI=1S/C25H28N2O4S/c1-25(2,3)15-7-5-14(6-8-15)20-19-21(28)17-10-9-16(30-4)13-18(17)31-22(19)23(29)27(20)24-26-11-12-32-24/h5-8,11-12,16-18,20H,9-10,13H2,1-4H3. The number of methoxy groups -OCH3 is 1. The Hall–Kier alpha value is -2.51. The number of amides is 1. The molecule has 1 aliphatic carbocycles. The Morgan fingerprint density at radius 2 is 1.91 bits per heavy atom. The molecule has 32 heavy (non-hydrogen) atoms. The highest BCUT2D eigenvalue weighted by Crippen LogP contribution is 2.48. The maximum Gasteiger partial charge on any atom is 0.296 e. The van der Waals surface area contributed by atoms with Gasteiger partial charge in [0.2, 0.25) is 0 Å². The van der Waals surface area contributed by atoms with Gasteiger partial charge in [-0.15, -0.1) is 11.3 Å². The Kier molecular flexibility index (Phi) is 5.21. The molecule has 1 saturated carbocycles. The monoisotopic (exact) mass is 452 g/mol. The zero-order chi connectivity index (χ0) is 22.6. The van der Waals surface area contributed by atoms with Gasteiger partial charge in [0.15, 0.2) is 16.7 Å². The van der Waals surface area contributed by atoms with E-state index >= 15 is 0 Å². The molecule has 0 bridgehead atoms. The van der Waals surface area contributed by atoms with Crippen LogP contribution in [0.1, 0.15) is 57.2 Å². The van der Waals surface area contributed by atoms with Crippen LogP contribution in [0.2, 0.25) is 0 Å². The highest BCUT2D eigenvalue weighted by Gasteiger charge is 2.53. The second kappa shape index (κ2) is 7.81. The first-order chi connectivity index (χ1) is 15.3. The van der Waals surface area contributed by atoms with Crippen molar-refractivity contribution in [2.75, 3.05) is 12.0 Å². The van der Waals surface area contributed by atoms with Crippen LogP contribution in [-0.2, 0) is 24.5 Å². The Labute approximate surface area is 192 Å². The summed E-state index contributed by atoms with van der Waals surface area (Å²) in [6.07, 6.45) is 3.57. The minimum atomic E-state index is -0.522. The first-order valence-electron chi connectivity index (χ1n) is 11.1. The normalized spacial score (nSPS) is 27.9. The summed E-state index contributed by atoms with van der Waals surface area (Å²) >= 11 is 1.39. The molecule has 0 N–H and O–H groups in total. The van der Waals surface area contributed by atoms with E-state index in [2.05, 4.69) is 37.9 Å². The fourth-order valence-corrected chi connectivity index (χ4v) is 5.72. The quantitative estimate of drug-likeness (QED) is 0.683. The molecule has 4 unspecified atom stereocenters. The van der Waals surface area contributed by atoms with Gasteiger partial charge in [0.1, 0.15) is 6.10 Å². The first-order valence-corrected chi connectivity index (χ1v) is 12.0. The van der Waals surface area contributed by atoms with Crippen LogP contribution in [0.4, 0.5) is 5.13 Å². The topological polar surface area (TPSA) is 68.7 Å². The van der Waals surface area contributed by atoms with Crippen molar-refractivity contribution in [3.05, 3.63) is 58.3 Å². The summed E-state index contributed by atoms with van der Waals surface area (Å²) in [5.74, 6) is -0.303. The lowest BCUT2D eigenvalue weighted by Gasteiger charge is -2.38. The van der Waals surface area contributed by atoms with E-state index in [0.717, 1.165) is 12.0 Å². The lowest BCUT2D eigenvalue weighted by atomic mass is 9.76. The van der Waals surface area contributed by atoms with Crippen LogP contribution < -0.4 is 4.90 Å². The van der Waals surface area contributed by atoms with Gasteiger partial charge in [0, 0.05) is 25.1 Å². The molecule has 0 saturated heterocycles. The summed E-state index contributed by atoms with van der Waals surface area (Å²) in [5.41, 5.74) is 2.59. The number of ketones is 1. The van der Waals surface area contributed by atoms with Gasteiger partial charge < -0.3 is 9.47 Å². The fraction of sp³-hybridized carbons (Fsp3) is 0.480. The molecule has 3 heterocycles. The largest absolute Gasteiger partial charge is 0.483 e. The average Bonchev–Trinajstić information content (AvgIpc) is 3.40. The van der Waals surface area contributed by atoms with Gasteiger partial charge in [-0.25, -0.2) is 4.98 Å². The molecule has 1 aromatic carbocycles. The zero-order valence-electron chi connectivity index (χ0n) is 18.8. The number of carbonyl (C=O) groups is 2. The number of hydrogen-bond acceptors (Lipinski definition) is 6. The Morgan fingerprint density at radius 3 is 2.53 bits per heavy atom. The summed E-state index contributed by atoms with van der Waals surface area (Å²) in [5, 5.41) is 2.41. The van der Waals surface area contributed by atoms with Crippen LogP contribution in [0.5, 0.6) is 0 Å². The van der Waals surface area contributed by atoms with Crippen molar-refractivity contribution in [1.29, 1.82) is 0 Å². The number of rotatable bonds is 3. The van der Waals surface area contributed by atoms with E-state index in [9.17, 15) is 9.59 Å². The molecule has 1 aromatic heterocycles. The summed E-state index contributed by atoms with van der Waals surface area (Å²) < 4.78 is 11.8. The average molecular weight is 453 g/mol. The van der Waals surface area contributed by atoms with E-state index in [-0.39, 0.29) is 41.0 Å². The smallest absolute Gasteiger partial charge is 0.296 e. The minimum absolute atomic E-state index is 0.0143. The SMILES string of the molecule is COC1CCC2C(=O)C3=C(OC2C1)C(=O)N(c1nccs1)C3c1ccc(C(C)(C)C)cc1. The predicted octanol–water partition coefficient (Wildman–Crippen LogP) is 4.57. The van der Waals surface area contributed by atoms with E-state index in [1.54, 1.807) is 18.2 Å². The van der Waals surface area contributed by atoms with Crippen LogP contribution in [0.3, 0.4) is 0 Å². The molecule has 168 valence electrons. The van der Waals surface area contributed by atoms with Crippen molar-refractivity contribution in [1.82, 2.24) is 4.98 Å². The highest BCUT2D eigenvalue weighted by molar-refractivity contribution is 7.13. The molecule has 2 aliphatic heterocycles. The number of carbonyl (C=O) groups excluding carboxylic acids is 2. The van der Waals surface area contributed by atoms with Crippen LogP contribution in [-0.4, -0.2) is 36.0 Å². The van der Waals surface area contributed by atoms with Gasteiger partial charge in [-0.1, -0.05) is 45.0 Å². The van der Waals surface area contributed by atoms with E-state index in [4.69, 9.17) is 9.47 Å². The predicted molar refractivity (Wildman–Crippen MR) is 123 cm³/mol. The van der Waals surface area contributed by atoms with Crippen LogP contribution in [0, 0.1) is 5.92 Å².